The molecule has 7 nitrogen and oxygen atoms in total. The Balaban J connectivity index is 2.12. The Morgan fingerprint density at radius 2 is 2.20 bits per heavy atom. The number of carbonyl (C=O) groups is 1. The number of aromatic nitrogens is 3. The number of H-pyrrole nitrogens is 1. The monoisotopic (exact) mass is 276 g/mol. The zero-order chi connectivity index (χ0) is 14.7. The van der Waals surface area contributed by atoms with Crippen LogP contribution in [0.5, 0.6) is 11.5 Å². The Morgan fingerprint density at radius 3 is 2.75 bits per heavy atom. The van der Waals surface area contributed by atoms with Gasteiger partial charge in [-0.1, -0.05) is 13.8 Å². The van der Waals surface area contributed by atoms with E-state index in [1.165, 1.54) is 13.2 Å². The minimum Gasteiger partial charge on any atom is -0.504 e. The van der Waals surface area contributed by atoms with Crippen molar-refractivity contribution in [2.75, 3.05) is 12.4 Å². The number of ether oxygens (including phenoxy) is 1. The van der Waals surface area contributed by atoms with Crippen molar-refractivity contribution in [3.63, 3.8) is 0 Å². The van der Waals surface area contributed by atoms with Crippen LogP contribution in [0.25, 0.3) is 0 Å². The summed E-state index contributed by atoms with van der Waals surface area (Å²) in [7, 11) is 1.45. The number of carbonyl (C=O) groups excluding carboxylic acids is 1. The van der Waals surface area contributed by atoms with Crippen LogP contribution in [0.2, 0.25) is 0 Å². The number of methoxy groups -OCH3 is 1. The summed E-state index contributed by atoms with van der Waals surface area (Å²) in [5.74, 6) is 0.703. The lowest BCUT2D eigenvalue weighted by molar-refractivity contribution is 0.101. The van der Waals surface area contributed by atoms with Crippen molar-refractivity contribution in [1.82, 2.24) is 15.2 Å². The first-order valence-electron chi connectivity index (χ1n) is 6.12. The predicted molar refractivity (Wildman–Crippen MR) is 73.1 cm³/mol. The summed E-state index contributed by atoms with van der Waals surface area (Å²) in [5, 5.41) is 18.8. The van der Waals surface area contributed by atoms with E-state index >= 15 is 0 Å². The largest absolute Gasteiger partial charge is 0.504 e. The molecule has 7 heteroatoms. The minimum atomic E-state index is -0.447. The molecule has 0 saturated carbocycles. The van der Waals surface area contributed by atoms with E-state index in [9.17, 15) is 9.90 Å². The molecule has 0 atom stereocenters. The van der Waals surface area contributed by atoms with E-state index in [1.54, 1.807) is 12.1 Å². The predicted octanol–water partition coefficient (Wildman–Crippen LogP) is 1.89. The number of hydrogen-bond acceptors (Lipinski definition) is 5. The fourth-order valence-corrected chi connectivity index (χ4v) is 1.59. The summed E-state index contributed by atoms with van der Waals surface area (Å²) in [6, 6.07) is 4.57. The number of nitrogens with one attached hydrogen (secondary N) is 2. The minimum absolute atomic E-state index is 0.0526. The highest BCUT2D eigenvalue weighted by molar-refractivity contribution is 6.01. The highest BCUT2D eigenvalue weighted by Crippen LogP contribution is 2.28. The summed E-state index contributed by atoms with van der Waals surface area (Å²) in [6.45, 7) is 3.90. The molecule has 0 aliphatic heterocycles. The van der Waals surface area contributed by atoms with Gasteiger partial charge in [0.2, 0.25) is 5.82 Å². The second kappa shape index (κ2) is 5.60. The fraction of sp³-hybridized carbons (Fsp3) is 0.308. The van der Waals surface area contributed by atoms with Crippen LogP contribution in [0.15, 0.2) is 18.2 Å². The molecule has 1 heterocycles. The van der Waals surface area contributed by atoms with Gasteiger partial charge in [0.1, 0.15) is 5.82 Å². The number of phenols is 1. The van der Waals surface area contributed by atoms with Crippen LogP contribution in [-0.4, -0.2) is 33.3 Å². The molecule has 0 spiro atoms. The summed E-state index contributed by atoms with van der Waals surface area (Å²) < 4.78 is 4.93. The number of benzene rings is 1. The zero-order valence-electron chi connectivity index (χ0n) is 11.5. The molecule has 0 radical (unpaired) electrons. The number of anilines is 1. The Hall–Kier alpha value is -2.57. The van der Waals surface area contributed by atoms with Crippen molar-refractivity contribution in [2.24, 2.45) is 0 Å². The molecule has 1 aromatic heterocycles. The van der Waals surface area contributed by atoms with Gasteiger partial charge in [-0.3, -0.25) is 9.89 Å². The molecule has 20 heavy (non-hydrogen) atoms. The van der Waals surface area contributed by atoms with Crippen molar-refractivity contribution >= 4 is 11.6 Å². The van der Waals surface area contributed by atoms with Gasteiger partial charge in [0.15, 0.2) is 11.5 Å². The third-order valence-corrected chi connectivity index (χ3v) is 2.69. The summed E-state index contributed by atoms with van der Waals surface area (Å²) in [4.78, 5) is 16.0. The molecular weight excluding hydrogens is 260 g/mol. The molecule has 0 bridgehead atoms. The molecule has 106 valence electrons. The van der Waals surface area contributed by atoms with Crippen LogP contribution in [-0.2, 0) is 0 Å². The van der Waals surface area contributed by atoms with E-state index < -0.39 is 5.91 Å². The number of hydrogen-bond donors (Lipinski definition) is 3. The van der Waals surface area contributed by atoms with Gasteiger partial charge in [0.25, 0.3) is 5.91 Å². The molecule has 1 aromatic carbocycles. The molecule has 1 amide bonds. The molecule has 2 rings (SSSR count). The van der Waals surface area contributed by atoms with Crippen molar-refractivity contribution in [3.05, 3.63) is 29.8 Å². The van der Waals surface area contributed by atoms with E-state index in [-0.39, 0.29) is 17.5 Å². The standard InChI is InChI=1S/C13H16N4O3/c1-7(2)11-15-12(17-16-11)13(19)14-8-4-5-10(20-3)9(18)6-8/h4-7,18H,1-3H3,(H,14,19)(H,15,16,17). The summed E-state index contributed by atoms with van der Waals surface area (Å²) in [5.41, 5.74) is 0.434. The number of nitrogens with zero attached hydrogens (tertiary/aromatic N) is 2. The molecule has 0 aliphatic carbocycles. The number of aromatic amines is 1. The molecule has 3 N–H and O–H groups in total. The molecular formula is C13H16N4O3. The third-order valence-electron chi connectivity index (χ3n) is 2.69. The van der Waals surface area contributed by atoms with Gasteiger partial charge in [-0.2, -0.15) is 0 Å². The van der Waals surface area contributed by atoms with Crippen LogP contribution in [0.1, 0.15) is 36.2 Å². The lowest BCUT2D eigenvalue weighted by Gasteiger charge is -2.06. The number of phenolic OH excluding ortho intramolecular Hbond substituents is 1. The zero-order valence-corrected chi connectivity index (χ0v) is 11.5. The van der Waals surface area contributed by atoms with Crippen LogP contribution < -0.4 is 10.1 Å². The first-order valence-corrected chi connectivity index (χ1v) is 6.12. The SMILES string of the molecule is COc1ccc(NC(=O)c2n[nH]c(C(C)C)n2)cc1O. The van der Waals surface area contributed by atoms with E-state index in [2.05, 4.69) is 20.5 Å². The van der Waals surface area contributed by atoms with Gasteiger partial charge in [0, 0.05) is 17.7 Å². The molecule has 0 fully saturated rings. The van der Waals surface area contributed by atoms with E-state index in [0.29, 0.717) is 17.3 Å². The van der Waals surface area contributed by atoms with Gasteiger partial charge in [-0.25, -0.2) is 4.98 Å². The van der Waals surface area contributed by atoms with Gasteiger partial charge < -0.3 is 15.2 Å². The highest BCUT2D eigenvalue weighted by atomic mass is 16.5. The average molecular weight is 276 g/mol. The van der Waals surface area contributed by atoms with Crippen LogP contribution in [0.3, 0.4) is 0 Å². The Labute approximate surface area is 116 Å². The molecule has 0 aliphatic rings. The van der Waals surface area contributed by atoms with Crippen LogP contribution in [0, 0.1) is 0 Å². The van der Waals surface area contributed by atoms with E-state index in [1.807, 2.05) is 13.8 Å². The van der Waals surface area contributed by atoms with Crippen molar-refractivity contribution in [2.45, 2.75) is 19.8 Å². The first kappa shape index (κ1) is 13.9. The lowest BCUT2D eigenvalue weighted by Crippen LogP contribution is -2.13. The van der Waals surface area contributed by atoms with Gasteiger partial charge in [-0.15, -0.1) is 5.10 Å². The topological polar surface area (TPSA) is 100 Å². The highest BCUT2D eigenvalue weighted by Gasteiger charge is 2.14. The molecule has 2 aromatic rings. The van der Waals surface area contributed by atoms with Crippen LogP contribution >= 0.6 is 0 Å². The van der Waals surface area contributed by atoms with Gasteiger partial charge in [0.05, 0.1) is 7.11 Å². The maximum atomic E-state index is 11.9. The third kappa shape index (κ3) is 2.87. The first-order chi connectivity index (χ1) is 9.51. The van der Waals surface area contributed by atoms with E-state index in [4.69, 9.17) is 4.74 Å². The van der Waals surface area contributed by atoms with Gasteiger partial charge in [-0.05, 0) is 12.1 Å². The maximum absolute atomic E-state index is 11.9. The Morgan fingerprint density at radius 1 is 1.45 bits per heavy atom. The second-order valence-corrected chi connectivity index (χ2v) is 4.54. The van der Waals surface area contributed by atoms with Crippen molar-refractivity contribution in [3.8, 4) is 11.5 Å². The molecule has 0 unspecified atom stereocenters. The number of rotatable bonds is 4. The number of amides is 1. The second-order valence-electron chi connectivity index (χ2n) is 4.54. The summed E-state index contributed by atoms with van der Waals surface area (Å²) in [6.07, 6.45) is 0. The fourth-order valence-electron chi connectivity index (χ4n) is 1.59. The van der Waals surface area contributed by atoms with Gasteiger partial charge >= 0.3 is 0 Å². The normalized spacial score (nSPS) is 10.6. The summed E-state index contributed by atoms with van der Waals surface area (Å²) >= 11 is 0. The Kier molecular flexibility index (Phi) is 3.88. The maximum Gasteiger partial charge on any atom is 0.295 e. The van der Waals surface area contributed by atoms with E-state index in [0.717, 1.165) is 0 Å². The molecule has 0 saturated heterocycles. The quantitative estimate of drug-likeness (QED) is 0.791. The van der Waals surface area contributed by atoms with Crippen molar-refractivity contribution < 1.29 is 14.6 Å². The number of aromatic hydroxyl groups is 1. The Bertz CT molecular complexity index is 622. The van der Waals surface area contributed by atoms with Crippen molar-refractivity contribution in [1.29, 1.82) is 0 Å². The average Bonchev–Trinajstić information content (AvgIpc) is 2.88. The lowest BCUT2D eigenvalue weighted by atomic mass is 10.2. The van der Waals surface area contributed by atoms with Crippen LogP contribution in [0.4, 0.5) is 5.69 Å². The smallest absolute Gasteiger partial charge is 0.295 e.